The van der Waals surface area contributed by atoms with Crippen LogP contribution in [0.3, 0.4) is 0 Å². The summed E-state index contributed by atoms with van der Waals surface area (Å²) >= 11 is 5.88. The lowest BCUT2D eigenvalue weighted by Crippen LogP contribution is -2.33. The van der Waals surface area contributed by atoms with Gasteiger partial charge in [-0.05, 0) is 67.6 Å². The molecule has 0 spiro atoms. The Morgan fingerprint density at radius 2 is 1.62 bits per heavy atom. The van der Waals surface area contributed by atoms with Crippen LogP contribution in [0.1, 0.15) is 18.8 Å². The molecule has 0 fully saturated rings. The number of benzene rings is 3. The first-order valence-corrected chi connectivity index (χ1v) is 11.3. The van der Waals surface area contributed by atoms with E-state index in [-0.39, 0.29) is 18.6 Å². The highest BCUT2D eigenvalue weighted by Gasteiger charge is 2.18. The van der Waals surface area contributed by atoms with Crippen molar-refractivity contribution in [1.29, 1.82) is 0 Å². The Morgan fingerprint density at radius 3 is 2.35 bits per heavy atom. The highest BCUT2D eigenvalue weighted by atomic mass is 35.5. The molecule has 4 aromatic rings. The molecule has 0 saturated carbocycles. The van der Waals surface area contributed by atoms with Gasteiger partial charge in [-0.1, -0.05) is 23.7 Å². The molecule has 7 nitrogen and oxygen atoms in total. The van der Waals surface area contributed by atoms with Crippen LogP contribution in [0.4, 0.5) is 0 Å². The Balaban J connectivity index is 1.41. The molecule has 0 radical (unpaired) electrons. The van der Waals surface area contributed by atoms with Crippen molar-refractivity contribution in [3.05, 3.63) is 83.6 Å². The maximum atomic E-state index is 12.5. The number of aromatic nitrogens is 2. The number of rotatable bonds is 10. The van der Waals surface area contributed by atoms with Crippen molar-refractivity contribution in [3.63, 3.8) is 0 Å². The van der Waals surface area contributed by atoms with Crippen LogP contribution in [-0.2, 0) is 11.3 Å². The third-order valence-corrected chi connectivity index (χ3v) is 5.53. The van der Waals surface area contributed by atoms with Crippen LogP contribution in [0.25, 0.3) is 11.0 Å². The molecular weight excluding hydrogens is 454 g/mol. The van der Waals surface area contributed by atoms with E-state index in [9.17, 15) is 4.79 Å². The Labute approximate surface area is 203 Å². The first kappa shape index (κ1) is 23.4. The van der Waals surface area contributed by atoms with Gasteiger partial charge in [0.05, 0.1) is 30.7 Å². The molecule has 0 saturated heterocycles. The van der Waals surface area contributed by atoms with E-state index in [1.165, 1.54) is 0 Å². The number of imidazole rings is 1. The monoisotopic (exact) mass is 479 g/mol. The molecule has 1 heterocycles. The molecule has 1 unspecified atom stereocenters. The molecule has 4 rings (SSSR count). The van der Waals surface area contributed by atoms with E-state index in [2.05, 4.69) is 9.88 Å². The summed E-state index contributed by atoms with van der Waals surface area (Å²) in [5, 5.41) is 3.58. The first-order valence-electron chi connectivity index (χ1n) is 10.9. The van der Waals surface area contributed by atoms with Crippen molar-refractivity contribution < 1.29 is 19.0 Å². The van der Waals surface area contributed by atoms with Crippen LogP contribution in [0.2, 0.25) is 5.02 Å². The molecule has 8 heteroatoms. The molecule has 1 atom stereocenters. The topological polar surface area (TPSA) is 74.6 Å². The van der Waals surface area contributed by atoms with E-state index in [0.717, 1.165) is 28.4 Å². The van der Waals surface area contributed by atoms with Crippen molar-refractivity contribution >= 4 is 28.5 Å². The number of methoxy groups -OCH3 is 1. The summed E-state index contributed by atoms with van der Waals surface area (Å²) in [6.07, 6.45) is 0. The predicted molar refractivity (Wildman–Crippen MR) is 132 cm³/mol. The number of hydrogen-bond donors (Lipinski definition) is 1. The maximum Gasteiger partial charge on any atom is 0.258 e. The number of nitrogens with zero attached hydrogens (tertiary/aromatic N) is 2. The van der Waals surface area contributed by atoms with Crippen LogP contribution in [-0.4, -0.2) is 35.8 Å². The van der Waals surface area contributed by atoms with Gasteiger partial charge in [0.2, 0.25) is 0 Å². The van der Waals surface area contributed by atoms with Gasteiger partial charge in [-0.2, -0.15) is 0 Å². The number of para-hydroxylation sites is 2. The maximum absolute atomic E-state index is 12.5. The van der Waals surface area contributed by atoms with Gasteiger partial charge < -0.3 is 24.1 Å². The Kier molecular flexibility index (Phi) is 7.54. The zero-order valence-corrected chi connectivity index (χ0v) is 19.8. The number of carbonyl (C=O) groups is 1. The van der Waals surface area contributed by atoms with Gasteiger partial charge in [0.25, 0.3) is 5.91 Å². The van der Waals surface area contributed by atoms with E-state index >= 15 is 0 Å². The average Bonchev–Trinajstić information content (AvgIpc) is 3.23. The number of halogens is 1. The summed E-state index contributed by atoms with van der Waals surface area (Å²) in [5.74, 6) is 2.62. The standard InChI is InChI=1S/C26H26ClN3O4/c1-18(28-25(31)17-34-22-9-7-19(27)8-10-22)26-29-23-5-3-4-6-24(23)30(26)15-16-33-21-13-11-20(32-2)12-14-21/h3-14,18H,15-17H2,1-2H3,(H,28,31). The molecular formula is C26H26ClN3O4. The second-order valence-electron chi connectivity index (χ2n) is 7.67. The molecule has 3 aromatic carbocycles. The smallest absolute Gasteiger partial charge is 0.258 e. The SMILES string of the molecule is COc1ccc(OCCn2c(C(C)NC(=O)COc3ccc(Cl)cc3)nc3ccccc32)cc1. The Morgan fingerprint density at radius 1 is 0.971 bits per heavy atom. The van der Waals surface area contributed by atoms with Crippen LogP contribution < -0.4 is 19.5 Å². The fraction of sp³-hybridized carbons (Fsp3) is 0.231. The van der Waals surface area contributed by atoms with Crippen molar-refractivity contribution in [1.82, 2.24) is 14.9 Å². The fourth-order valence-electron chi connectivity index (χ4n) is 3.61. The van der Waals surface area contributed by atoms with Crippen molar-refractivity contribution in [2.75, 3.05) is 20.3 Å². The number of ether oxygens (including phenoxy) is 3. The molecule has 34 heavy (non-hydrogen) atoms. The normalized spacial score (nSPS) is 11.7. The number of hydrogen-bond acceptors (Lipinski definition) is 5. The number of carbonyl (C=O) groups excluding carboxylic acids is 1. The van der Waals surface area contributed by atoms with E-state index in [1.54, 1.807) is 31.4 Å². The van der Waals surface area contributed by atoms with Crippen LogP contribution in [0.15, 0.2) is 72.8 Å². The molecule has 0 aliphatic rings. The van der Waals surface area contributed by atoms with E-state index in [0.29, 0.717) is 23.9 Å². The lowest BCUT2D eigenvalue weighted by atomic mass is 10.3. The number of nitrogens with one attached hydrogen (secondary N) is 1. The highest BCUT2D eigenvalue weighted by molar-refractivity contribution is 6.30. The Bertz CT molecular complexity index is 1240. The number of fused-ring (bicyclic) bond motifs is 1. The summed E-state index contributed by atoms with van der Waals surface area (Å²) in [6.45, 7) is 2.82. The Hall–Kier alpha value is -3.71. The molecule has 0 bridgehead atoms. The minimum atomic E-state index is -0.324. The van der Waals surface area contributed by atoms with E-state index in [1.807, 2.05) is 55.5 Å². The quantitative estimate of drug-likeness (QED) is 0.345. The third-order valence-electron chi connectivity index (χ3n) is 5.28. The second kappa shape index (κ2) is 10.9. The second-order valence-corrected chi connectivity index (χ2v) is 8.10. The predicted octanol–water partition coefficient (Wildman–Crippen LogP) is 5.03. The van der Waals surface area contributed by atoms with E-state index in [4.69, 9.17) is 30.8 Å². The van der Waals surface area contributed by atoms with Crippen molar-refractivity contribution in [3.8, 4) is 17.2 Å². The summed E-state index contributed by atoms with van der Waals surface area (Å²) in [6, 6.07) is 21.9. The van der Waals surface area contributed by atoms with Crippen LogP contribution in [0.5, 0.6) is 17.2 Å². The highest BCUT2D eigenvalue weighted by Crippen LogP contribution is 2.22. The average molecular weight is 480 g/mol. The van der Waals surface area contributed by atoms with E-state index < -0.39 is 0 Å². The lowest BCUT2D eigenvalue weighted by Gasteiger charge is -2.17. The van der Waals surface area contributed by atoms with Crippen LogP contribution >= 0.6 is 11.6 Å². The zero-order chi connectivity index (χ0) is 23.9. The number of amides is 1. The summed E-state index contributed by atoms with van der Waals surface area (Å²) in [7, 11) is 1.63. The zero-order valence-electron chi connectivity index (χ0n) is 19.0. The molecule has 176 valence electrons. The molecule has 1 N–H and O–H groups in total. The summed E-state index contributed by atoms with van der Waals surface area (Å²) in [4.78, 5) is 17.3. The minimum absolute atomic E-state index is 0.104. The van der Waals surface area contributed by atoms with Crippen LogP contribution in [0, 0.1) is 0 Å². The van der Waals surface area contributed by atoms with Crippen molar-refractivity contribution in [2.45, 2.75) is 19.5 Å². The van der Waals surface area contributed by atoms with Gasteiger partial charge in [-0.15, -0.1) is 0 Å². The largest absolute Gasteiger partial charge is 0.497 e. The van der Waals surface area contributed by atoms with Gasteiger partial charge in [0.15, 0.2) is 6.61 Å². The molecule has 0 aliphatic carbocycles. The van der Waals surface area contributed by atoms with Gasteiger partial charge in [0.1, 0.15) is 29.7 Å². The van der Waals surface area contributed by atoms with Gasteiger partial charge in [-0.3, -0.25) is 4.79 Å². The third kappa shape index (κ3) is 5.80. The van der Waals surface area contributed by atoms with Crippen molar-refractivity contribution in [2.24, 2.45) is 0 Å². The fourth-order valence-corrected chi connectivity index (χ4v) is 3.74. The summed E-state index contributed by atoms with van der Waals surface area (Å²) < 4.78 is 18.7. The minimum Gasteiger partial charge on any atom is -0.497 e. The first-order chi connectivity index (χ1) is 16.5. The van der Waals surface area contributed by atoms with Gasteiger partial charge in [0, 0.05) is 5.02 Å². The molecule has 0 aliphatic heterocycles. The van der Waals surface area contributed by atoms with Gasteiger partial charge in [-0.25, -0.2) is 4.98 Å². The molecule has 1 amide bonds. The molecule has 1 aromatic heterocycles. The summed E-state index contributed by atoms with van der Waals surface area (Å²) in [5.41, 5.74) is 1.84. The van der Waals surface area contributed by atoms with Gasteiger partial charge >= 0.3 is 0 Å². The lowest BCUT2D eigenvalue weighted by molar-refractivity contribution is -0.123.